The van der Waals surface area contributed by atoms with Crippen molar-refractivity contribution in [2.75, 3.05) is 6.61 Å². The molecule has 23 heavy (non-hydrogen) atoms. The normalized spacial score (nSPS) is 11.4. The zero-order valence-electron chi connectivity index (χ0n) is 12.6. The molecule has 1 heterocycles. The fourth-order valence-corrected chi connectivity index (χ4v) is 2.30. The number of rotatable bonds is 5. The summed E-state index contributed by atoms with van der Waals surface area (Å²) in [5.41, 5.74) is 0.546. The van der Waals surface area contributed by atoms with Gasteiger partial charge in [-0.2, -0.15) is 0 Å². The molecule has 6 heteroatoms. The summed E-state index contributed by atoms with van der Waals surface area (Å²) < 4.78 is 10.5. The third-order valence-electron chi connectivity index (χ3n) is 2.98. The van der Waals surface area contributed by atoms with Gasteiger partial charge in [0.05, 0.1) is 11.6 Å². The van der Waals surface area contributed by atoms with Gasteiger partial charge in [0.1, 0.15) is 17.1 Å². The minimum atomic E-state index is -0.682. The van der Waals surface area contributed by atoms with E-state index >= 15 is 0 Å². The first-order valence-electron chi connectivity index (χ1n) is 6.87. The fourth-order valence-electron chi connectivity index (χ4n) is 1.92. The maximum atomic E-state index is 11.8. The number of esters is 1. The Morgan fingerprint density at radius 1 is 1.22 bits per heavy atom. The molecule has 0 saturated heterocycles. The molecular formula is C17H14Cl2O4. The summed E-state index contributed by atoms with van der Waals surface area (Å²) >= 11 is 12.1. The van der Waals surface area contributed by atoms with Crippen LogP contribution in [0.25, 0.3) is 17.4 Å². The molecular weight excluding hydrogens is 339 g/mol. The lowest BCUT2D eigenvalue weighted by Gasteiger charge is -2.03. The van der Waals surface area contributed by atoms with Crippen LogP contribution in [0, 0.1) is 0 Å². The molecule has 0 radical (unpaired) electrons. The van der Waals surface area contributed by atoms with Crippen molar-refractivity contribution < 1.29 is 18.7 Å². The second-order valence-corrected chi connectivity index (χ2v) is 5.50. The molecule has 0 aliphatic carbocycles. The van der Waals surface area contributed by atoms with Crippen molar-refractivity contribution in [3.63, 3.8) is 0 Å². The van der Waals surface area contributed by atoms with E-state index in [1.807, 2.05) is 0 Å². The Hall–Kier alpha value is -2.04. The van der Waals surface area contributed by atoms with Crippen LogP contribution in [0.15, 0.2) is 40.3 Å². The molecule has 0 saturated carbocycles. The largest absolute Gasteiger partial charge is 0.462 e. The van der Waals surface area contributed by atoms with Crippen molar-refractivity contribution in [2.45, 2.75) is 13.8 Å². The molecule has 1 aromatic carbocycles. The number of ether oxygens (including phenoxy) is 1. The SMILES string of the molecule is CCOC(=O)/C(=C\c1ccc(-c2cc(Cl)ccc2Cl)o1)C(C)=O. The Bertz CT molecular complexity index is 775. The lowest BCUT2D eigenvalue weighted by atomic mass is 10.1. The van der Waals surface area contributed by atoms with Gasteiger partial charge in [0.25, 0.3) is 0 Å². The molecule has 0 spiro atoms. The summed E-state index contributed by atoms with van der Waals surface area (Å²) in [6, 6.07) is 8.33. The maximum Gasteiger partial charge on any atom is 0.341 e. The van der Waals surface area contributed by atoms with E-state index in [0.717, 1.165) is 0 Å². The van der Waals surface area contributed by atoms with Gasteiger partial charge in [0.2, 0.25) is 0 Å². The number of carbonyl (C=O) groups is 2. The maximum absolute atomic E-state index is 11.8. The minimum absolute atomic E-state index is 0.0788. The molecule has 4 nitrogen and oxygen atoms in total. The first-order valence-corrected chi connectivity index (χ1v) is 7.63. The molecule has 0 amide bonds. The molecule has 0 unspecified atom stereocenters. The van der Waals surface area contributed by atoms with E-state index in [0.29, 0.717) is 27.1 Å². The molecule has 2 aromatic rings. The van der Waals surface area contributed by atoms with Gasteiger partial charge in [-0.1, -0.05) is 23.2 Å². The quantitative estimate of drug-likeness (QED) is 0.336. The van der Waals surface area contributed by atoms with Crippen LogP contribution in [-0.2, 0) is 14.3 Å². The zero-order valence-corrected chi connectivity index (χ0v) is 14.1. The molecule has 120 valence electrons. The molecule has 0 atom stereocenters. The van der Waals surface area contributed by atoms with E-state index in [4.69, 9.17) is 32.4 Å². The number of carbonyl (C=O) groups excluding carboxylic acids is 2. The summed E-state index contributed by atoms with van der Waals surface area (Å²) in [6.07, 6.45) is 1.35. The van der Waals surface area contributed by atoms with Gasteiger partial charge in [-0.25, -0.2) is 4.79 Å². The molecule has 0 fully saturated rings. The average molecular weight is 353 g/mol. The number of Topliss-reactive ketones (excluding diaryl/α,β-unsaturated/α-hetero) is 1. The highest BCUT2D eigenvalue weighted by Gasteiger charge is 2.17. The van der Waals surface area contributed by atoms with Crippen LogP contribution in [0.5, 0.6) is 0 Å². The van der Waals surface area contributed by atoms with Gasteiger partial charge >= 0.3 is 5.97 Å². The zero-order chi connectivity index (χ0) is 17.0. The van der Waals surface area contributed by atoms with Crippen molar-refractivity contribution in [3.8, 4) is 11.3 Å². The average Bonchev–Trinajstić information content (AvgIpc) is 2.95. The number of benzene rings is 1. The number of ketones is 1. The van der Waals surface area contributed by atoms with Crippen LogP contribution in [0.1, 0.15) is 19.6 Å². The standard InChI is InChI=1S/C17H14Cl2O4/c1-3-22-17(21)13(10(2)20)9-12-5-7-16(23-12)14-8-11(18)4-6-15(14)19/h4-9H,3H2,1-2H3/b13-9-. The third kappa shape index (κ3) is 4.24. The minimum Gasteiger partial charge on any atom is -0.462 e. The Morgan fingerprint density at radius 3 is 2.61 bits per heavy atom. The van der Waals surface area contributed by atoms with Crippen molar-refractivity contribution in [2.24, 2.45) is 0 Å². The Morgan fingerprint density at radius 2 is 1.96 bits per heavy atom. The van der Waals surface area contributed by atoms with Gasteiger partial charge < -0.3 is 9.15 Å². The molecule has 0 aliphatic heterocycles. The second kappa shape index (κ2) is 7.49. The van der Waals surface area contributed by atoms with E-state index in [9.17, 15) is 9.59 Å². The smallest absolute Gasteiger partial charge is 0.341 e. The lowest BCUT2D eigenvalue weighted by Crippen LogP contribution is -2.13. The van der Waals surface area contributed by atoms with Crippen molar-refractivity contribution in [1.29, 1.82) is 0 Å². The highest BCUT2D eigenvalue weighted by atomic mass is 35.5. The van der Waals surface area contributed by atoms with Crippen molar-refractivity contribution in [1.82, 2.24) is 0 Å². The monoisotopic (exact) mass is 352 g/mol. The first kappa shape index (κ1) is 17.3. The van der Waals surface area contributed by atoms with Gasteiger partial charge in [-0.15, -0.1) is 0 Å². The Kier molecular flexibility index (Phi) is 5.64. The van der Waals surface area contributed by atoms with E-state index < -0.39 is 11.8 Å². The first-order chi connectivity index (χ1) is 10.9. The molecule has 0 N–H and O–H groups in total. The molecule has 0 bridgehead atoms. The van der Waals surface area contributed by atoms with Gasteiger partial charge in [0.15, 0.2) is 5.78 Å². The van der Waals surface area contributed by atoms with Crippen molar-refractivity contribution in [3.05, 3.63) is 51.7 Å². The van der Waals surface area contributed by atoms with Crippen LogP contribution in [0.4, 0.5) is 0 Å². The number of furan rings is 1. The highest BCUT2D eigenvalue weighted by Crippen LogP contribution is 2.32. The van der Waals surface area contributed by atoms with Crippen LogP contribution in [0.2, 0.25) is 10.0 Å². The molecule has 0 aliphatic rings. The van der Waals surface area contributed by atoms with E-state index in [1.54, 1.807) is 37.3 Å². The number of hydrogen-bond acceptors (Lipinski definition) is 4. The van der Waals surface area contributed by atoms with Gasteiger partial charge in [-0.3, -0.25) is 4.79 Å². The predicted octanol–water partition coefficient (Wildman–Crippen LogP) is 4.79. The summed E-state index contributed by atoms with van der Waals surface area (Å²) in [5, 5.41) is 1.00. The van der Waals surface area contributed by atoms with Crippen LogP contribution in [0.3, 0.4) is 0 Å². The summed E-state index contributed by atoms with van der Waals surface area (Å²) in [4.78, 5) is 23.4. The van der Waals surface area contributed by atoms with E-state index in [-0.39, 0.29) is 12.2 Å². The Balaban J connectivity index is 2.37. The third-order valence-corrected chi connectivity index (χ3v) is 3.55. The number of halogens is 2. The Labute approximate surface area is 143 Å². The number of hydrogen-bond donors (Lipinski definition) is 0. The molecule has 2 rings (SSSR count). The topological polar surface area (TPSA) is 56.5 Å². The highest BCUT2D eigenvalue weighted by molar-refractivity contribution is 6.35. The molecule has 1 aromatic heterocycles. The van der Waals surface area contributed by atoms with E-state index in [2.05, 4.69) is 0 Å². The van der Waals surface area contributed by atoms with Crippen LogP contribution >= 0.6 is 23.2 Å². The van der Waals surface area contributed by atoms with Crippen LogP contribution < -0.4 is 0 Å². The van der Waals surface area contributed by atoms with E-state index in [1.165, 1.54) is 13.0 Å². The summed E-state index contributed by atoms with van der Waals surface area (Å²) in [7, 11) is 0. The summed E-state index contributed by atoms with van der Waals surface area (Å²) in [6.45, 7) is 3.15. The predicted molar refractivity (Wildman–Crippen MR) is 89.5 cm³/mol. The van der Waals surface area contributed by atoms with Crippen LogP contribution in [-0.4, -0.2) is 18.4 Å². The summed E-state index contributed by atoms with van der Waals surface area (Å²) in [5.74, 6) is -0.259. The lowest BCUT2D eigenvalue weighted by molar-refractivity contribution is -0.139. The fraction of sp³-hybridized carbons (Fsp3) is 0.176. The van der Waals surface area contributed by atoms with Gasteiger partial charge in [0, 0.05) is 10.6 Å². The second-order valence-electron chi connectivity index (χ2n) is 4.66. The van der Waals surface area contributed by atoms with Crippen molar-refractivity contribution >= 4 is 41.0 Å². The van der Waals surface area contributed by atoms with Gasteiger partial charge in [-0.05, 0) is 50.3 Å².